The van der Waals surface area contributed by atoms with E-state index in [1.165, 1.54) is 20.2 Å². The first-order chi connectivity index (χ1) is 4.89. The molecule has 4 heteroatoms. The van der Waals surface area contributed by atoms with Crippen molar-refractivity contribution in [3.05, 3.63) is 12.7 Å². The van der Waals surface area contributed by atoms with E-state index in [1.54, 1.807) is 0 Å². The van der Waals surface area contributed by atoms with E-state index in [0.29, 0.717) is 0 Å². The molecule has 0 aromatic rings. The second-order valence-corrected chi connectivity index (χ2v) is 2.55. The smallest absolute Gasteiger partial charge is 0.298 e. The van der Waals surface area contributed by atoms with Crippen LogP contribution in [-0.4, -0.2) is 31.2 Å². The number of hydrogen-bond acceptors (Lipinski definition) is 1. The van der Waals surface area contributed by atoms with Crippen LogP contribution in [0.2, 0.25) is 0 Å². The van der Waals surface area contributed by atoms with Gasteiger partial charge in [-0.2, -0.15) is 13.2 Å². The van der Waals surface area contributed by atoms with Crippen molar-refractivity contribution >= 4 is 0 Å². The Morgan fingerprint density at radius 1 is 1.45 bits per heavy atom. The van der Waals surface area contributed by atoms with Crippen molar-refractivity contribution in [2.45, 2.75) is 18.6 Å². The summed E-state index contributed by atoms with van der Waals surface area (Å²) in [6.45, 7) is 3.27. The summed E-state index contributed by atoms with van der Waals surface area (Å²) in [4.78, 5) is 1.14. The Kier molecular flexibility index (Phi) is 3.58. The van der Waals surface area contributed by atoms with Crippen LogP contribution in [-0.2, 0) is 0 Å². The maximum absolute atomic E-state index is 12.1. The Morgan fingerprint density at radius 3 is 2.00 bits per heavy atom. The van der Waals surface area contributed by atoms with Crippen LogP contribution < -0.4 is 0 Å². The van der Waals surface area contributed by atoms with Gasteiger partial charge in [0.15, 0.2) is 0 Å². The van der Waals surface area contributed by atoms with E-state index in [0.717, 1.165) is 4.90 Å². The zero-order valence-electron chi connectivity index (χ0n) is 6.65. The van der Waals surface area contributed by atoms with Crippen molar-refractivity contribution in [3.63, 3.8) is 0 Å². The second-order valence-electron chi connectivity index (χ2n) is 2.55. The lowest BCUT2D eigenvalue weighted by atomic mass is 10.2. The lowest BCUT2D eigenvalue weighted by Gasteiger charge is -2.25. The fraction of sp³-hybridized carbons (Fsp3) is 0.714. The molecule has 1 unspecified atom stereocenters. The van der Waals surface area contributed by atoms with E-state index in [2.05, 4.69) is 6.58 Å². The van der Waals surface area contributed by atoms with Gasteiger partial charge in [0, 0.05) is 0 Å². The van der Waals surface area contributed by atoms with Gasteiger partial charge in [-0.3, -0.25) is 4.90 Å². The predicted molar refractivity (Wildman–Crippen MR) is 38.3 cm³/mol. The summed E-state index contributed by atoms with van der Waals surface area (Å²) in [6, 6.07) is -1.40. The van der Waals surface area contributed by atoms with Crippen LogP contribution in [0.3, 0.4) is 0 Å². The van der Waals surface area contributed by atoms with E-state index in [9.17, 15) is 13.2 Å². The number of halogens is 3. The molecule has 0 bridgehead atoms. The Hall–Kier alpha value is -0.510. The third-order valence-corrected chi connectivity index (χ3v) is 1.39. The highest BCUT2D eigenvalue weighted by Crippen LogP contribution is 2.25. The molecule has 0 aromatic heterocycles. The van der Waals surface area contributed by atoms with Gasteiger partial charge < -0.3 is 0 Å². The molecule has 0 radical (unpaired) electrons. The quantitative estimate of drug-likeness (QED) is 0.581. The molecule has 0 fully saturated rings. The van der Waals surface area contributed by atoms with Gasteiger partial charge in [-0.25, -0.2) is 0 Å². The summed E-state index contributed by atoms with van der Waals surface area (Å²) in [5.74, 6) is 0. The van der Waals surface area contributed by atoms with Crippen molar-refractivity contribution in [1.29, 1.82) is 0 Å². The van der Waals surface area contributed by atoms with Crippen molar-refractivity contribution in [2.24, 2.45) is 0 Å². The number of hydrogen-bond donors (Lipinski definition) is 0. The maximum atomic E-state index is 12.1. The summed E-state index contributed by atoms with van der Waals surface area (Å²) >= 11 is 0. The van der Waals surface area contributed by atoms with Crippen LogP contribution >= 0.6 is 0 Å². The van der Waals surface area contributed by atoms with Gasteiger partial charge in [-0.15, -0.1) is 6.58 Å². The third kappa shape index (κ3) is 3.41. The van der Waals surface area contributed by atoms with Crippen LogP contribution in [0, 0.1) is 0 Å². The van der Waals surface area contributed by atoms with Gasteiger partial charge in [-0.1, -0.05) is 6.08 Å². The molecule has 0 saturated carbocycles. The van der Waals surface area contributed by atoms with Gasteiger partial charge in [0.1, 0.15) is 6.04 Å². The first kappa shape index (κ1) is 10.5. The normalized spacial score (nSPS) is 15.1. The van der Waals surface area contributed by atoms with E-state index in [4.69, 9.17) is 0 Å². The molecule has 11 heavy (non-hydrogen) atoms. The van der Waals surface area contributed by atoms with Crippen LogP contribution in [0.1, 0.15) is 6.42 Å². The fourth-order valence-corrected chi connectivity index (χ4v) is 0.795. The molecule has 0 heterocycles. The lowest BCUT2D eigenvalue weighted by Crippen LogP contribution is -2.40. The van der Waals surface area contributed by atoms with Gasteiger partial charge in [0.2, 0.25) is 0 Å². The monoisotopic (exact) mass is 167 g/mol. The molecule has 0 rings (SSSR count). The molecule has 0 aliphatic rings. The van der Waals surface area contributed by atoms with Crippen LogP contribution in [0.4, 0.5) is 13.2 Å². The minimum atomic E-state index is -4.16. The molecule has 1 nitrogen and oxygen atoms in total. The molecule has 0 spiro atoms. The standard InChI is InChI=1S/C7H12F3N/c1-4-5-6(11(2)3)7(8,9)10/h4,6H,1,5H2,2-3H3. The predicted octanol–water partition coefficient (Wildman–Crippen LogP) is 2.06. The van der Waals surface area contributed by atoms with Crippen LogP contribution in [0.15, 0.2) is 12.7 Å². The topological polar surface area (TPSA) is 3.24 Å². The average molecular weight is 167 g/mol. The largest absolute Gasteiger partial charge is 0.404 e. The summed E-state index contributed by atoms with van der Waals surface area (Å²) < 4.78 is 36.2. The highest BCUT2D eigenvalue weighted by Gasteiger charge is 2.39. The molecule has 1 atom stereocenters. The second kappa shape index (κ2) is 3.76. The summed E-state index contributed by atoms with van der Waals surface area (Å²) in [7, 11) is 2.81. The van der Waals surface area contributed by atoms with E-state index < -0.39 is 12.2 Å². The van der Waals surface area contributed by atoms with E-state index in [-0.39, 0.29) is 6.42 Å². The highest BCUT2D eigenvalue weighted by atomic mass is 19.4. The summed E-state index contributed by atoms with van der Waals surface area (Å²) in [5.41, 5.74) is 0. The van der Waals surface area contributed by atoms with E-state index >= 15 is 0 Å². The Bertz CT molecular complexity index is 128. The third-order valence-electron chi connectivity index (χ3n) is 1.39. The Labute approximate surface area is 64.5 Å². The van der Waals surface area contributed by atoms with Crippen molar-refractivity contribution in [2.75, 3.05) is 14.1 Å². The number of nitrogens with zero attached hydrogens (tertiary/aromatic N) is 1. The number of alkyl halides is 3. The maximum Gasteiger partial charge on any atom is 0.404 e. The van der Waals surface area contributed by atoms with Gasteiger partial charge in [0.25, 0.3) is 0 Å². The molecule has 0 saturated heterocycles. The molecule has 0 aromatic carbocycles. The SMILES string of the molecule is C=CCC(N(C)C)C(F)(F)F. The minimum absolute atomic E-state index is 0.0590. The average Bonchev–Trinajstić information content (AvgIpc) is 1.79. The highest BCUT2D eigenvalue weighted by molar-refractivity contribution is 4.82. The zero-order chi connectivity index (χ0) is 9.07. The van der Waals surface area contributed by atoms with Gasteiger partial charge in [0.05, 0.1) is 0 Å². The molecular weight excluding hydrogens is 155 g/mol. The Morgan fingerprint density at radius 2 is 1.91 bits per heavy atom. The molecule has 0 aliphatic carbocycles. The molecular formula is C7H12F3N. The van der Waals surface area contributed by atoms with Gasteiger partial charge >= 0.3 is 6.18 Å². The van der Waals surface area contributed by atoms with Crippen LogP contribution in [0.25, 0.3) is 0 Å². The fourth-order valence-electron chi connectivity index (χ4n) is 0.795. The van der Waals surface area contributed by atoms with E-state index in [1.807, 2.05) is 0 Å². The van der Waals surface area contributed by atoms with Crippen molar-refractivity contribution in [3.8, 4) is 0 Å². The van der Waals surface area contributed by atoms with Gasteiger partial charge in [-0.05, 0) is 20.5 Å². The first-order valence-electron chi connectivity index (χ1n) is 3.23. The lowest BCUT2D eigenvalue weighted by molar-refractivity contribution is -0.176. The van der Waals surface area contributed by atoms with Crippen molar-refractivity contribution < 1.29 is 13.2 Å². The molecule has 0 amide bonds. The van der Waals surface area contributed by atoms with Crippen LogP contribution in [0.5, 0.6) is 0 Å². The summed E-state index contributed by atoms with van der Waals surface area (Å²) in [5, 5.41) is 0. The molecule has 66 valence electrons. The van der Waals surface area contributed by atoms with Crippen molar-refractivity contribution in [1.82, 2.24) is 4.90 Å². The molecule has 0 N–H and O–H groups in total. The minimum Gasteiger partial charge on any atom is -0.298 e. The summed E-state index contributed by atoms with van der Waals surface area (Å²) in [6.07, 6.45) is -2.94. The Balaban J connectivity index is 4.21. The first-order valence-corrected chi connectivity index (χ1v) is 3.23. The molecule has 0 aliphatic heterocycles. The zero-order valence-corrected chi connectivity index (χ0v) is 6.65. The number of rotatable bonds is 3.